The number of aryl methyl sites for hydroxylation is 1. The van der Waals surface area contributed by atoms with Crippen LogP contribution in [0.4, 0.5) is 5.82 Å². The maximum Gasteiger partial charge on any atom is 0.240 e. The molecule has 7 heteroatoms. The Bertz CT molecular complexity index is 677. The van der Waals surface area contributed by atoms with Crippen LogP contribution in [0.15, 0.2) is 6.07 Å². The highest BCUT2D eigenvalue weighted by molar-refractivity contribution is 5.83. The molecule has 4 rings (SSSR count). The second-order valence-electron chi connectivity index (χ2n) is 7.33. The van der Waals surface area contributed by atoms with Gasteiger partial charge in [-0.15, -0.1) is 0 Å². The van der Waals surface area contributed by atoms with Gasteiger partial charge in [0.2, 0.25) is 12.2 Å². The van der Waals surface area contributed by atoms with Gasteiger partial charge in [-0.25, -0.2) is 4.98 Å². The van der Waals surface area contributed by atoms with Gasteiger partial charge in [0.05, 0.1) is 6.04 Å². The van der Waals surface area contributed by atoms with Crippen LogP contribution in [-0.4, -0.2) is 67.1 Å². The van der Waals surface area contributed by atoms with Gasteiger partial charge in [-0.2, -0.15) is 0 Å². The van der Waals surface area contributed by atoms with Gasteiger partial charge >= 0.3 is 0 Å². The second-order valence-corrected chi connectivity index (χ2v) is 7.33. The monoisotopic (exact) mass is 360 g/mol. The van der Waals surface area contributed by atoms with Gasteiger partial charge in [-0.05, 0) is 49.4 Å². The summed E-state index contributed by atoms with van der Waals surface area (Å²) in [6, 6.07) is 2.25. The Hall–Kier alpha value is -1.70. The summed E-state index contributed by atoms with van der Waals surface area (Å²) in [4.78, 5) is 22.0. The Labute approximate surface area is 154 Å². The molecule has 0 saturated carbocycles. The predicted molar refractivity (Wildman–Crippen MR) is 97.8 cm³/mol. The third-order valence-corrected chi connectivity index (χ3v) is 5.76. The molecule has 1 aromatic heterocycles. The second kappa shape index (κ2) is 7.50. The van der Waals surface area contributed by atoms with E-state index in [4.69, 9.17) is 14.5 Å². The van der Waals surface area contributed by atoms with E-state index in [0.717, 1.165) is 68.9 Å². The SMILES string of the molecule is COC(OC)c1nc2c(cc1CN1CCN3CCC[C@H]3C1=O)CCCN2. The van der Waals surface area contributed by atoms with E-state index in [1.807, 2.05) is 4.90 Å². The van der Waals surface area contributed by atoms with Crippen LogP contribution >= 0.6 is 0 Å². The molecular weight excluding hydrogens is 332 g/mol. The largest absolute Gasteiger partial charge is 0.370 e. The standard InChI is InChI=1S/C19H28N4O3/c1-25-19(26-2)16-14(11-13-5-3-7-20-17(13)21-16)12-23-10-9-22-8-4-6-15(22)18(23)24/h11,15,19H,3-10,12H2,1-2H3,(H,20,21)/t15-/m0/s1. The van der Waals surface area contributed by atoms with Crippen molar-refractivity contribution in [1.29, 1.82) is 0 Å². The first kappa shape index (κ1) is 17.7. The van der Waals surface area contributed by atoms with E-state index in [9.17, 15) is 4.79 Å². The summed E-state index contributed by atoms with van der Waals surface area (Å²) < 4.78 is 11.0. The molecule has 26 heavy (non-hydrogen) atoms. The quantitative estimate of drug-likeness (QED) is 0.804. The fraction of sp³-hybridized carbons (Fsp3) is 0.684. The van der Waals surface area contributed by atoms with Gasteiger partial charge < -0.3 is 19.7 Å². The molecule has 1 N–H and O–H groups in total. The molecular formula is C19H28N4O3. The van der Waals surface area contributed by atoms with Crippen molar-refractivity contribution in [2.24, 2.45) is 0 Å². The maximum atomic E-state index is 12.9. The highest BCUT2D eigenvalue weighted by atomic mass is 16.7. The molecule has 1 amide bonds. The summed E-state index contributed by atoms with van der Waals surface area (Å²) in [5.74, 6) is 1.17. The van der Waals surface area contributed by atoms with Gasteiger partial charge in [-0.3, -0.25) is 9.69 Å². The zero-order chi connectivity index (χ0) is 18.1. The highest BCUT2D eigenvalue weighted by Gasteiger charge is 2.38. The lowest BCUT2D eigenvalue weighted by Crippen LogP contribution is -2.53. The number of nitrogens with one attached hydrogen (secondary N) is 1. The minimum absolute atomic E-state index is 0.0695. The number of rotatable bonds is 5. The van der Waals surface area contributed by atoms with E-state index in [-0.39, 0.29) is 11.9 Å². The average Bonchev–Trinajstić information content (AvgIpc) is 3.15. The topological polar surface area (TPSA) is 66.9 Å². The van der Waals surface area contributed by atoms with Crippen molar-refractivity contribution in [1.82, 2.24) is 14.8 Å². The van der Waals surface area contributed by atoms with Crippen LogP contribution in [-0.2, 0) is 27.2 Å². The smallest absolute Gasteiger partial charge is 0.240 e. The summed E-state index contributed by atoms with van der Waals surface area (Å²) in [6.07, 6.45) is 3.69. The molecule has 0 aliphatic carbocycles. The zero-order valence-corrected chi connectivity index (χ0v) is 15.7. The van der Waals surface area contributed by atoms with Crippen LogP contribution < -0.4 is 5.32 Å². The number of amides is 1. The first-order chi connectivity index (χ1) is 12.7. The van der Waals surface area contributed by atoms with E-state index in [0.29, 0.717) is 6.54 Å². The molecule has 7 nitrogen and oxygen atoms in total. The fourth-order valence-corrected chi connectivity index (χ4v) is 4.40. The van der Waals surface area contributed by atoms with Crippen molar-refractivity contribution in [2.75, 3.05) is 45.7 Å². The molecule has 0 radical (unpaired) electrons. The lowest BCUT2D eigenvalue weighted by molar-refractivity contribution is -0.141. The number of methoxy groups -OCH3 is 2. The first-order valence-electron chi connectivity index (χ1n) is 9.56. The molecule has 2 saturated heterocycles. The number of pyridine rings is 1. The number of anilines is 1. The van der Waals surface area contributed by atoms with Gasteiger partial charge in [0.25, 0.3) is 0 Å². The molecule has 0 spiro atoms. The van der Waals surface area contributed by atoms with Crippen LogP contribution in [0.25, 0.3) is 0 Å². The van der Waals surface area contributed by atoms with Crippen molar-refractivity contribution < 1.29 is 14.3 Å². The summed E-state index contributed by atoms with van der Waals surface area (Å²) in [7, 11) is 3.24. The summed E-state index contributed by atoms with van der Waals surface area (Å²) in [5, 5.41) is 3.37. The Morgan fingerprint density at radius 1 is 1.27 bits per heavy atom. The Balaban J connectivity index is 1.63. The molecule has 3 aliphatic rings. The number of carbonyl (C=O) groups excluding carboxylic acids is 1. The molecule has 0 unspecified atom stereocenters. The Morgan fingerprint density at radius 2 is 2.12 bits per heavy atom. The van der Waals surface area contributed by atoms with E-state index in [2.05, 4.69) is 16.3 Å². The number of hydrogen-bond donors (Lipinski definition) is 1. The van der Waals surface area contributed by atoms with E-state index in [1.165, 1.54) is 5.56 Å². The zero-order valence-electron chi connectivity index (χ0n) is 15.7. The normalized spacial score (nSPS) is 23.1. The summed E-state index contributed by atoms with van der Waals surface area (Å²) in [5.41, 5.74) is 3.01. The van der Waals surface area contributed by atoms with Gasteiger partial charge in [0.15, 0.2) is 0 Å². The van der Waals surface area contributed by atoms with Crippen molar-refractivity contribution in [3.8, 4) is 0 Å². The summed E-state index contributed by atoms with van der Waals surface area (Å²) in [6.45, 7) is 4.29. The third-order valence-electron chi connectivity index (χ3n) is 5.76. The van der Waals surface area contributed by atoms with Crippen molar-refractivity contribution in [3.05, 3.63) is 22.9 Å². The molecule has 0 bridgehead atoms. The molecule has 1 atom stereocenters. The number of ether oxygens (including phenoxy) is 2. The molecule has 0 aromatic carbocycles. The lowest BCUT2D eigenvalue weighted by atomic mass is 10.0. The minimum Gasteiger partial charge on any atom is -0.370 e. The number of fused-ring (bicyclic) bond motifs is 2. The van der Waals surface area contributed by atoms with Crippen molar-refractivity contribution in [2.45, 2.75) is 44.6 Å². The van der Waals surface area contributed by atoms with Crippen molar-refractivity contribution >= 4 is 11.7 Å². The Kier molecular flexibility index (Phi) is 5.11. The van der Waals surface area contributed by atoms with Crippen LogP contribution in [0, 0.1) is 0 Å². The van der Waals surface area contributed by atoms with Gasteiger partial charge in [0, 0.05) is 40.4 Å². The molecule has 142 valence electrons. The van der Waals surface area contributed by atoms with Crippen LogP contribution in [0.1, 0.15) is 42.4 Å². The third kappa shape index (κ3) is 3.19. The van der Waals surface area contributed by atoms with Crippen molar-refractivity contribution in [3.63, 3.8) is 0 Å². The predicted octanol–water partition coefficient (Wildman–Crippen LogP) is 1.54. The molecule has 2 fully saturated rings. The molecule has 4 heterocycles. The molecule has 3 aliphatic heterocycles. The van der Waals surface area contributed by atoms with E-state index < -0.39 is 6.29 Å². The Morgan fingerprint density at radius 3 is 2.92 bits per heavy atom. The van der Waals surface area contributed by atoms with E-state index in [1.54, 1.807) is 14.2 Å². The first-order valence-corrected chi connectivity index (χ1v) is 9.56. The number of hydrogen-bond acceptors (Lipinski definition) is 6. The van der Waals surface area contributed by atoms with Crippen LogP contribution in [0.2, 0.25) is 0 Å². The average molecular weight is 360 g/mol. The van der Waals surface area contributed by atoms with Crippen LogP contribution in [0.5, 0.6) is 0 Å². The lowest BCUT2D eigenvalue weighted by Gasteiger charge is -2.37. The summed E-state index contributed by atoms with van der Waals surface area (Å²) >= 11 is 0. The minimum atomic E-state index is -0.526. The fourth-order valence-electron chi connectivity index (χ4n) is 4.40. The number of nitrogens with zero attached hydrogens (tertiary/aromatic N) is 3. The van der Waals surface area contributed by atoms with E-state index >= 15 is 0 Å². The van der Waals surface area contributed by atoms with Gasteiger partial charge in [-0.1, -0.05) is 0 Å². The number of carbonyl (C=O) groups is 1. The number of piperazine rings is 1. The van der Waals surface area contributed by atoms with Gasteiger partial charge in [0.1, 0.15) is 11.5 Å². The van der Waals surface area contributed by atoms with Crippen LogP contribution in [0.3, 0.4) is 0 Å². The maximum absolute atomic E-state index is 12.9. The molecule has 1 aromatic rings. The number of aromatic nitrogens is 1. The highest BCUT2D eigenvalue weighted by Crippen LogP contribution is 2.30.